The Kier molecular flexibility index (Phi) is 2.92. The molecule has 0 spiro atoms. The summed E-state index contributed by atoms with van der Waals surface area (Å²) in [5.41, 5.74) is 6.41. The monoisotopic (exact) mass is 285 g/mol. The number of nitrogens with two attached hydrogens (primary N) is 1. The molecular weight excluding hydrogens is 278 g/mol. The number of anilines is 1. The van der Waals surface area contributed by atoms with Crippen LogP contribution in [0.1, 0.15) is 5.82 Å². The Morgan fingerprint density at radius 3 is 2.93 bits per heavy atom. The zero-order valence-electron chi connectivity index (χ0n) is 7.86. The maximum Gasteiger partial charge on any atom is 0.214 e. The van der Waals surface area contributed by atoms with Gasteiger partial charge in [0.15, 0.2) is 0 Å². The van der Waals surface area contributed by atoms with Gasteiger partial charge in [0.1, 0.15) is 10.9 Å². The minimum atomic E-state index is 0.608. The highest BCUT2D eigenvalue weighted by Crippen LogP contribution is 2.28. The third-order valence-electron chi connectivity index (χ3n) is 1.61. The summed E-state index contributed by atoms with van der Waals surface area (Å²) in [6.45, 7) is 1.84. The molecule has 0 aliphatic carbocycles. The highest BCUT2D eigenvalue weighted by Gasteiger charge is 2.07. The molecule has 7 heteroatoms. The Balaban J connectivity index is 2.24. The number of aromatic nitrogens is 4. The highest BCUT2D eigenvalue weighted by atomic mass is 79.9. The number of halogens is 1. The largest absolute Gasteiger partial charge is 0.396 e. The summed E-state index contributed by atoms with van der Waals surface area (Å²) >= 11 is 4.63. The van der Waals surface area contributed by atoms with Crippen molar-refractivity contribution in [1.82, 2.24) is 20.2 Å². The van der Waals surface area contributed by atoms with E-state index in [1.807, 2.05) is 6.92 Å². The van der Waals surface area contributed by atoms with Crippen molar-refractivity contribution in [2.24, 2.45) is 0 Å². The van der Waals surface area contributed by atoms with Gasteiger partial charge in [0, 0.05) is 10.7 Å². The number of H-pyrrole nitrogens is 1. The van der Waals surface area contributed by atoms with Gasteiger partial charge in [0.05, 0.1) is 5.69 Å². The smallest absolute Gasteiger partial charge is 0.214 e. The summed E-state index contributed by atoms with van der Waals surface area (Å²) in [6, 6.07) is 1.80. The molecule has 2 heterocycles. The summed E-state index contributed by atoms with van der Waals surface area (Å²) < 4.78 is 0.857. The van der Waals surface area contributed by atoms with Crippen LogP contribution in [-0.2, 0) is 0 Å². The summed E-state index contributed by atoms with van der Waals surface area (Å²) in [5.74, 6) is 0.771. The van der Waals surface area contributed by atoms with E-state index in [2.05, 4.69) is 36.1 Å². The Morgan fingerprint density at radius 1 is 1.53 bits per heavy atom. The number of pyridine rings is 1. The van der Waals surface area contributed by atoms with Crippen molar-refractivity contribution < 1.29 is 0 Å². The van der Waals surface area contributed by atoms with E-state index in [-0.39, 0.29) is 0 Å². The van der Waals surface area contributed by atoms with Gasteiger partial charge in [-0.25, -0.2) is 9.97 Å². The van der Waals surface area contributed by atoms with Gasteiger partial charge < -0.3 is 5.73 Å². The van der Waals surface area contributed by atoms with E-state index < -0.39 is 0 Å². The molecule has 15 heavy (non-hydrogen) atoms. The second-order valence-electron chi connectivity index (χ2n) is 2.85. The zero-order chi connectivity index (χ0) is 10.8. The van der Waals surface area contributed by atoms with Crippen molar-refractivity contribution in [3.63, 3.8) is 0 Å². The van der Waals surface area contributed by atoms with Gasteiger partial charge in [-0.15, -0.1) is 5.10 Å². The molecule has 0 fully saturated rings. The number of hydrogen-bond acceptors (Lipinski definition) is 5. The fourth-order valence-electron chi connectivity index (χ4n) is 0.982. The molecule has 78 valence electrons. The number of rotatable bonds is 2. The van der Waals surface area contributed by atoms with E-state index in [1.54, 1.807) is 12.3 Å². The molecule has 2 aromatic rings. The van der Waals surface area contributed by atoms with Crippen molar-refractivity contribution in [1.29, 1.82) is 0 Å². The van der Waals surface area contributed by atoms with Gasteiger partial charge in [0.2, 0.25) is 5.16 Å². The van der Waals surface area contributed by atoms with Gasteiger partial charge in [0.25, 0.3) is 0 Å². The second kappa shape index (κ2) is 4.19. The number of nitrogen functional groups attached to an aromatic ring is 1. The van der Waals surface area contributed by atoms with E-state index >= 15 is 0 Å². The lowest BCUT2D eigenvalue weighted by Crippen LogP contribution is -1.92. The van der Waals surface area contributed by atoms with Crippen molar-refractivity contribution in [2.45, 2.75) is 17.1 Å². The van der Waals surface area contributed by atoms with Crippen LogP contribution in [0.4, 0.5) is 5.69 Å². The van der Waals surface area contributed by atoms with Crippen molar-refractivity contribution in [2.75, 3.05) is 5.73 Å². The molecule has 0 aliphatic rings. The minimum absolute atomic E-state index is 0.608. The normalized spacial score (nSPS) is 10.5. The summed E-state index contributed by atoms with van der Waals surface area (Å²) in [4.78, 5) is 8.34. The third-order valence-corrected chi connectivity index (χ3v) is 2.94. The third kappa shape index (κ3) is 2.48. The average Bonchev–Trinajstić information content (AvgIpc) is 2.56. The predicted molar refractivity (Wildman–Crippen MR) is 61.6 cm³/mol. The lowest BCUT2D eigenvalue weighted by molar-refractivity contribution is 0.965. The molecule has 0 saturated heterocycles. The van der Waals surface area contributed by atoms with Crippen molar-refractivity contribution in [3.05, 3.63) is 22.6 Å². The molecule has 0 bridgehead atoms. The Labute approximate surface area is 99.0 Å². The van der Waals surface area contributed by atoms with E-state index in [1.165, 1.54) is 11.8 Å². The first-order valence-corrected chi connectivity index (χ1v) is 5.74. The molecule has 5 nitrogen and oxygen atoms in total. The summed E-state index contributed by atoms with van der Waals surface area (Å²) in [7, 11) is 0. The van der Waals surface area contributed by atoms with Gasteiger partial charge in [-0.3, -0.25) is 5.10 Å². The minimum Gasteiger partial charge on any atom is -0.396 e. The van der Waals surface area contributed by atoms with Crippen LogP contribution < -0.4 is 5.73 Å². The maximum atomic E-state index is 5.80. The highest BCUT2D eigenvalue weighted by molar-refractivity contribution is 9.10. The first-order chi connectivity index (χ1) is 7.15. The lowest BCUT2D eigenvalue weighted by Gasteiger charge is -2.00. The summed E-state index contributed by atoms with van der Waals surface area (Å²) in [5, 5.41) is 8.08. The Bertz CT molecular complexity index is 484. The lowest BCUT2D eigenvalue weighted by atomic mass is 10.4. The predicted octanol–water partition coefficient (Wildman–Crippen LogP) is 2.00. The number of aryl methyl sites for hydroxylation is 1. The van der Waals surface area contributed by atoms with E-state index in [9.17, 15) is 0 Å². The van der Waals surface area contributed by atoms with Crippen LogP contribution in [0.3, 0.4) is 0 Å². The van der Waals surface area contributed by atoms with Crippen LogP contribution in [0.15, 0.2) is 26.9 Å². The van der Waals surface area contributed by atoms with E-state index in [0.717, 1.165) is 10.3 Å². The molecule has 3 N–H and O–H groups in total. The van der Waals surface area contributed by atoms with Crippen LogP contribution in [0.2, 0.25) is 0 Å². The molecule has 0 radical (unpaired) electrons. The number of nitrogens with one attached hydrogen (secondary N) is 1. The molecule has 0 atom stereocenters. The Morgan fingerprint density at radius 2 is 2.33 bits per heavy atom. The van der Waals surface area contributed by atoms with Crippen LogP contribution in [0, 0.1) is 6.92 Å². The van der Waals surface area contributed by atoms with Crippen molar-refractivity contribution in [3.8, 4) is 0 Å². The fraction of sp³-hybridized carbons (Fsp3) is 0.125. The van der Waals surface area contributed by atoms with Gasteiger partial charge in [-0.1, -0.05) is 0 Å². The molecule has 0 unspecified atom stereocenters. The molecule has 0 saturated carbocycles. The summed E-state index contributed by atoms with van der Waals surface area (Å²) in [6.07, 6.45) is 1.69. The first-order valence-electron chi connectivity index (χ1n) is 4.13. The topological polar surface area (TPSA) is 80.5 Å². The molecule has 0 aromatic carbocycles. The quantitative estimate of drug-likeness (QED) is 0.882. The van der Waals surface area contributed by atoms with Gasteiger partial charge >= 0.3 is 0 Å². The average molecular weight is 286 g/mol. The number of hydrogen-bond donors (Lipinski definition) is 2. The number of aromatic amines is 1. The molecular formula is C8H8BrN5S. The second-order valence-corrected chi connectivity index (χ2v) is 4.73. The maximum absolute atomic E-state index is 5.80. The Hall–Kier alpha value is -1.08. The zero-order valence-corrected chi connectivity index (χ0v) is 10.3. The van der Waals surface area contributed by atoms with Gasteiger partial charge in [-0.2, -0.15) is 0 Å². The molecule has 0 amide bonds. The van der Waals surface area contributed by atoms with Crippen LogP contribution in [0.25, 0.3) is 0 Å². The molecule has 2 rings (SSSR count). The fourth-order valence-corrected chi connectivity index (χ4v) is 2.06. The SMILES string of the molecule is Cc1nc(Sc2ncc(Br)cc2N)n[nH]1. The van der Waals surface area contributed by atoms with Crippen LogP contribution in [-0.4, -0.2) is 20.2 Å². The van der Waals surface area contributed by atoms with Gasteiger partial charge in [-0.05, 0) is 40.7 Å². The van der Waals surface area contributed by atoms with Crippen LogP contribution >= 0.6 is 27.7 Å². The van der Waals surface area contributed by atoms with Crippen molar-refractivity contribution >= 4 is 33.4 Å². The first kappa shape index (κ1) is 10.4. The standard InChI is InChI=1S/C8H8BrN5S/c1-4-12-8(14-13-4)15-7-6(10)2-5(9)3-11-7/h2-3H,10H2,1H3,(H,12,13,14). The van der Waals surface area contributed by atoms with E-state index in [4.69, 9.17) is 5.73 Å². The van der Waals surface area contributed by atoms with Crippen LogP contribution in [0.5, 0.6) is 0 Å². The molecule has 0 aliphatic heterocycles. The molecule has 2 aromatic heterocycles. The van der Waals surface area contributed by atoms with E-state index in [0.29, 0.717) is 15.9 Å². The number of nitrogens with zero attached hydrogens (tertiary/aromatic N) is 3.